The minimum atomic E-state index is -0.540. The van der Waals surface area contributed by atoms with Crippen molar-refractivity contribution in [3.8, 4) is 0 Å². The van der Waals surface area contributed by atoms with Gasteiger partial charge in [-0.3, -0.25) is 14.5 Å². The Morgan fingerprint density at radius 2 is 1.80 bits per heavy atom. The fraction of sp³-hybridized carbons (Fsp3) is 0.391. The van der Waals surface area contributed by atoms with E-state index in [9.17, 15) is 14.0 Å². The minimum absolute atomic E-state index is 0.0616. The normalized spacial score (nSPS) is 14.4. The van der Waals surface area contributed by atoms with Gasteiger partial charge in [0.1, 0.15) is 5.82 Å². The summed E-state index contributed by atoms with van der Waals surface area (Å²) in [4.78, 5) is 26.8. The van der Waals surface area contributed by atoms with E-state index in [4.69, 9.17) is 4.74 Å². The number of rotatable bonds is 7. The number of morpholine rings is 1. The molecule has 1 aliphatic heterocycles. The predicted molar refractivity (Wildman–Crippen MR) is 115 cm³/mol. The number of benzene rings is 2. The third-order valence-electron chi connectivity index (χ3n) is 5.14. The van der Waals surface area contributed by atoms with Gasteiger partial charge in [-0.1, -0.05) is 23.8 Å². The summed E-state index contributed by atoms with van der Waals surface area (Å²) in [6.07, 6.45) is 0.495. The molecule has 0 bridgehead atoms. The molecule has 2 N–H and O–H groups in total. The average molecular weight is 413 g/mol. The van der Waals surface area contributed by atoms with E-state index in [1.807, 2.05) is 32.0 Å². The van der Waals surface area contributed by atoms with Crippen LogP contribution in [0.25, 0.3) is 0 Å². The topological polar surface area (TPSA) is 70.7 Å². The Kier molecular flexibility index (Phi) is 7.54. The van der Waals surface area contributed by atoms with Gasteiger partial charge in [-0.05, 0) is 43.2 Å². The average Bonchev–Trinajstić information content (AvgIpc) is 2.72. The van der Waals surface area contributed by atoms with E-state index in [1.165, 1.54) is 18.2 Å². The molecule has 0 saturated carbocycles. The molecule has 7 heteroatoms. The van der Waals surface area contributed by atoms with Gasteiger partial charge in [0.15, 0.2) is 0 Å². The van der Waals surface area contributed by atoms with Crippen LogP contribution in [-0.4, -0.2) is 49.6 Å². The summed E-state index contributed by atoms with van der Waals surface area (Å²) in [5.74, 6) is -0.999. The van der Waals surface area contributed by atoms with Crippen LogP contribution in [0.2, 0.25) is 0 Å². The highest BCUT2D eigenvalue weighted by atomic mass is 19.1. The summed E-state index contributed by atoms with van der Waals surface area (Å²) < 4.78 is 19.4. The Morgan fingerprint density at radius 1 is 1.03 bits per heavy atom. The van der Waals surface area contributed by atoms with Crippen molar-refractivity contribution >= 4 is 23.2 Å². The third-order valence-corrected chi connectivity index (χ3v) is 5.14. The van der Waals surface area contributed by atoms with E-state index in [2.05, 4.69) is 15.5 Å². The fourth-order valence-corrected chi connectivity index (χ4v) is 3.36. The van der Waals surface area contributed by atoms with Crippen molar-refractivity contribution in [2.24, 2.45) is 0 Å². The molecule has 0 spiro atoms. The first-order chi connectivity index (χ1) is 14.4. The lowest BCUT2D eigenvalue weighted by Crippen LogP contribution is -2.38. The van der Waals surface area contributed by atoms with Crippen LogP contribution in [0.4, 0.5) is 15.8 Å². The standard InChI is InChI=1S/C23H28FN3O3/c1-16-3-4-17(2)18(13-16)14-23(29)25-19-5-6-20(24)21(15-19)26-22(28)7-8-27-9-11-30-12-10-27/h3-6,13,15H,7-12,14H2,1-2H3,(H,25,29)(H,26,28). The summed E-state index contributed by atoms with van der Waals surface area (Å²) in [5.41, 5.74) is 3.59. The van der Waals surface area contributed by atoms with Crippen LogP contribution in [0, 0.1) is 19.7 Å². The maximum Gasteiger partial charge on any atom is 0.228 e. The molecule has 0 aliphatic carbocycles. The van der Waals surface area contributed by atoms with E-state index < -0.39 is 5.82 Å². The molecule has 160 valence electrons. The van der Waals surface area contributed by atoms with Gasteiger partial charge in [0.25, 0.3) is 0 Å². The van der Waals surface area contributed by atoms with Gasteiger partial charge >= 0.3 is 0 Å². The second-order valence-corrected chi connectivity index (χ2v) is 7.60. The molecule has 2 aromatic rings. The molecule has 6 nitrogen and oxygen atoms in total. The number of halogens is 1. The van der Waals surface area contributed by atoms with E-state index in [-0.39, 0.29) is 30.3 Å². The number of ether oxygens (including phenoxy) is 1. The minimum Gasteiger partial charge on any atom is -0.379 e. The molecule has 3 rings (SSSR count). The van der Waals surface area contributed by atoms with Crippen LogP contribution < -0.4 is 10.6 Å². The molecule has 0 aromatic heterocycles. The van der Waals surface area contributed by atoms with Crippen LogP contribution >= 0.6 is 0 Å². The van der Waals surface area contributed by atoms with E-state index in [1.54, 1.807) is 0 Å². The van der Waals surface area contributed by atoms with Crippen molar-refractivity contribution in [3.63, 3.8) is 0 Å². The zero-order valence-electron chi connectivity index (χ0n) is 17.5. The van der Waals surface area contributed by atoms with Crippen molar-refractivity contribution in [3.05, 3.63) is 58.9 Å². The van der Waals surface area contributed by atoms with Gasteiger partial charge in [-0.25, -0.2) is 4.39 Å². The number of amides is 2. The van der Waals surface area contributed by atoms with Crippen molar-refractivity contribution < 1.29 is 18.7 Å². The van der Waals surface area contributed by atoms with Crippen LogP contribution in [0.3, 0.4) is 0 Å². The lowest BCUT2D eigenvalue weighted by molar-refractivity contribution is -0.117. The number of hydrogen-bond donors (Lipinski definition) is 2. The lowest BCUT2D eigenvalue weighted by atomic mass is 10.0. The van der Waals surface area contributed by atoms with E-state index in [0.717, 1.165) is 29.8 Å². The summed E-state index contributed by atoms with van der Waals surface area (Å²) in [7, 11) is 0. The number of hydrogen-bond acceptors (Lipinski definition) is 4. The first-order valence-corrected chi connectivity index (χ1v) is 10.2. The van der Waals surface area contributed by atoms with Crippen LogP contribution in [0.5, 0.6) is 0 Å². The highest BCUT2D eigenvalue weighted by Crippen LogP contribution is 2.21. The van der Waals surface area contributed by atoms with Gasteiger partial charge < -0.3 is 15.4 Å². The zero-order valence-corrected chi connectivity index (χ0v) is 17.5. The molecule has 2 aromatic carbocycles. The molecule has 0 atom stereocenters. The van der Waals surface area contributed by atoms with Crippen molar-refractivity contribution in [1.82, 2.24) is 4.90 Å². The van der Waals surface area contributed by atoms with E-state index >= 15 is 0 Å². The molecule has 2 amide bonds. The second-order valence-electron chi connectivity index (χ2n) is 7.60. The van der Waals surface area contributed by atoms with Crippen LogP contribution in [0.15, 0.2) is 36.4 Å². The van der Waals surface area contributed by atoms with E-state index in [0.29, 0.717) is 25.4 Å². The van der Waals surface area contributed by atoms with Gasteiger partial charge in [0.05, 0.1) is 25.3 Å². The predicted octanol–water partition coefficient (Wildman–Crippen LogP) is 3.28. The van der Waals surface area contributed by atoms with Gasteiger partial charge in [0.2, 0.25) is 11.8 Å². The van der Waals surface area contributed by atoms with Crippen molar-refractivity contribution in [1.29, 1.82) is 0 Å². The number of anilines is 2. The number of carbonyl (C=O) groups excluding carboxylic acids is 2. The molecule has 0 radical (unpaired) electrons. The maximum absolute atomic E-state index is 14.2. The molecule has 30 heavy (non-hydrogen) atoms. The summed E-state index contributed by atoms with van der Waals surface area (Å²) in [5, 5.41) is 5.39. The maximum atomic E-state index is 14.2. The van der Waals surface area contributed by atoms with Crippen LogP contribution in [-0.2, 0) is 20.7 Å². The first-order valence-electron chi connectivity index (χ1n) is 10.2. The number of nitrogens with zero attached hydrogens (tertiary/aromatic N) is 1. The number of carbonyl (C=O) groups is 2. The lowest BCUT2D eigenvalue weighted by Gasteiger charge is -2.26. The Morgan fingerprint density at radius 3 is 2.57 bits per heavy atom. The Hall–Kier alpha value is -2.77. The monoisotopic (exact) mass is 413 g/mol. The molecule has 1 fully saturated rings. The largest absolute Gasteiger partial charge is 0.379 e. The Labute approximate surface area is 176 Å². The van der Waals surface area contributed by atoms with Gasteiger partial charge in [-0.15, -0.1) is 0 Å². The molecule has 0 unspecified atom stereocenters. The zero-order chi connectivity index (χ0) is 21.5. The molecular formula is C23H28FN3O3. The first kappa shape index (κ1) is 21.9. The molecule has 1 heterocycles. The van der Waals surface area contributed by atoms with Crippen molar-refractivity contribution in [2.75, 3.05) is 43.5 Å². The SMILES string of the molecule is Cc1ccc(C)c(CC(=O)Nc2ccc(F)c(NC(=O)CCN3CCOCC3)c2)c1. The van der Waals surface area contributed by atoms with Gasteiger partial charge in [0, 0.05) is 31.7 Å². The fourth-order valence-electron chi connectivity index (χ4n) is 3.36. The van der Waals surface area contributed by atoms with Crippen molar-refractivity contribution in [2.45, 2.75) is 26.7 Å². The smallest absolute Gasteiger partial charge is 0.228 e. The molecule has 1 aliphatic rings. The van der Waals surface area contributed by atoms with Crippen LogP contribution in [0.1, 0.15) is 23.1 Å². The number of nitrogens with one attached hydrogen (secondary N) is 2. The second kappa shape index (κ2) is 10.3. The quantitative estimate of drug-likeness (QED) is 0.731. The summed E-state index contributed by atoms with van der Waals surface area (Å²) >= 11 is 0. The molecule has 1 saturated heterocycles. The number of aryl methyl sites for hydroxylation is 2. The highest BCUT2D eigenvalue weighted by Gasteiger charge is 2.14. The Bertz CT molecular complexity index is 911. The summed E-state index contributed by atoms with van der Waals surface area (Å²) in [6, 6.07) is 10.2. The highest BCUT2D eigenvalue weighted by molar-refractivity contribution is 5.95. The molecular weight excluding hydrogens is 385 g/mol. The Balaban J connectivity index is 1.56. The third kappa shape index (κ3) is 6.37. The van der Waals surface area contributed by atoms with Gasteiger partial charge in [-0.2, -0.15) is 0 Å². The summed E-state index contributed by atoms with van der Waals surface area (Å²) in [6.45, 7) is 7.47.